The van der Waals surface area contributed by atoms with Gasteiger partial charge in [-0.15, -0.1) is 0 Å². The molecule has 2 aromatic carbocycles. The number of carbonyl (C=O) groups is 2. The maximum Gasteiger partial charge on any atom is 0.294 e. The zero-order valence-electron chi connectivity index (χ0n) is 17.5. The second-order valence-electron chi connectivity index (χ2n) is 7.93. The van der Waals surface area contributed by atoms with Gasteiger partial charge in [0.05, 0.1) is 18.7 Å². The minimum absolute atomic E-state index is 0.110. The first-order chi connectivity index (χ1) is 13.7. The minimum Gasteiger partial charge on any atom is -0.503 e. The second-order valence-corrected chi connectivity index (χ2v) is 7.93. The minimum atomic E-state index is -0.704. The lowest BCUT2D eigenvalue weighted by Gasteiger charge is -2.29. The molecule has 0 spiro atoms. The van der Waals surface area contributed by atoms with E-state index in [4.69, 9.17) is 4.74 Å². The Balaban J connectivity index is 2.21. The van der Waals surface area contributed by atoms with Crippen LogP contribution in [0.25, 0.3) is 0 Å². The molecular formula is C24H27NO4. The molecule has 5 heteroatoms. The Labute approximate surface area is 171 Å². The largest absolute Gasteiger partial charge is 0.503 e. The summed E-state index contributed by atoms with van der Waals surface area (Å²) in [7, 11) is 1.57. The van der Waals surface area contributed by atoms with Gasteiger partial charge in [-0.05, 0) is 54.7 Å². The molecule has 0 radical (unpaired) electrons. The van der Waals surface area contributed by atoms with Gasteiger partial charge in [0, 0.05) is 12.1 Å². The van der Waals surface area contributed by atoms with Crippen LogP contribution in [0.5, 0.6) is 5.75 Å². The molecule has 0 fully saturated rings. The summed E-state index contributed by atoms with van der Waals surface area (Å²) < 4.78 is 5.35. The zero-order chi connectivity index (χ0) is 21.3. The number of ether oxygens (including phenoxy) is 1. The topological polar surface area (TPSA) is 66.8 Å². The van der Waals surface area contributed by atoms with Gasteiger partial charge in [0.1, 0.15) is 5.75 Å². The van der Waals surface area contributed by atoms with Crippen molar-refractivity contribution in [3.05, 3.63) is 70.5 Å². The van der Waals surface area contributed by atoms with Gasteiger partial charge in [0.15, 0.2) is 11.5 Å². The first-order valence-electron chi connectivity index (χ1n) is 9.75. The average molecular weight is 393 g/mol. The number of rotatable bonds is 6. The number of amides is 1. The standard InChI is InChI=1S/C24H27NO4/c1-14(2)11-20(26)21-22(17-7-6-8-18(13-17)29-5)25(24(28)23(21)27)19-12-15(3)9-10-16(19)4/h6-10,12-14,22,27H,11H2,1-5H3. The molecule has 1 unspecified atom stereocenters. The summed E-state index contributed by atoms with van der Waals surface area (Å²) in [5.41, 5.74) is 3.43. The second kappa shape index (κ2) is 8.11. The van der Waals surface area contributed by atoms with Crippen molar-refractivity contribution in [2.75, 3.05) is 12.0 Å². The van der Waals surface area contributed by atoms with Crippen LogP contribution in [0.2, 0.25) is 0 Å². The van der Waals surface area contributed by atoms with Crippen molar-refractivity contribution < 1.29 is 19.4 Å². The number of hydrogen-bond donors (Lipinski definition) is 1. The lowest BCUT2D eigenvalue weighted by Crippen LogP contribution is -2.31. The highest BCUT2D eigenvalue weighted by Gasteiger charge is 2.44. The van der Waals surface area contributed by atoms with E-state index >= 15 is 0 Å². The number of hydrogen-bond acceptors (Lipinski definition) is 4. The van der Waals surface area contributed by atoms with E-state index in [1.165, 1.54) is 4.90 Å². The highest BCUT2D eigenvalue weighted by Crippen LogP contribution is 2.43. The maximum atomic E-state index is 13.1. The van der Waals surface area contributed by atoms with Gasteiger partial charge < -0.3 is 9.84 Å². The molecule has 0 aromatic heterocycles. The molecule has 1 aliphatic rings. The smallest absolute Gasteiger partial charge is 0.294 e. The molecule has 1 heterocycles. The van der Waals surface area contributed by atoms with Crippen LogP contribution in [-0.4, -0.2) is 23.9 Å². The lowest BCUT2D eigenvalue weighted by molar-refractivity contribution is -0.118. The Morgan fingerprint density at radius 2 is 1.90 bits per heavy atom. The van der Waals surface area contributed by atoms with Crippen molar-refractivity contribution in [1.82, 2.24) is 0 Å². The number of aryl methyl sites for hydroxylation is 2. The number of anilines is 1. The van der Waals surface area contributed by atoms with Crippen molar-refractivity contribution >= 4 is 17.4 Å². The van der Waals surface area contributed by atoms with E-state index in [9.17, 15) is 14.7 Å². The van der Waals surface area contributed by atoms with E-state index in [0.717, 1.165) is 16.7 Å². The number of benzene rings is 2. The van der Waals surface area contributed by atoms with Gasteiger partial charge in [-0.2, -0.15) is 0 Å². The highest BCUT2D eigenvalue weighted by molar-refractivity contribution is 6.16. The van der Waals surface area contributed by atoms with Crippen LogP contribution in [0, 0.1) is 19.8 Å². The van der Waals surface area contributed by atoms with Crippen LogP contribution in [-0.2, 0) is 9.59 Å². The molecule has 1 aliphatic heterocycles. The third kappa shape index (κ3) is 3.90. The van der Waals surface area contributed by atoms with Gasteiger partial charge in [-0.3, -0.25) is 14.5 Å². The SMILES string of the molecule is COc1cccc(C2C(C(=O)CC(C)C)=C(O)C(=O)N2c2cc(C)ccc2C)c1. The fraction of sp³-hybridized carbons (Fsp3) is 0.333. The van der Waals surface area contributed by atoms with Gasteiger partial charge in [-0.1, -0.05) is 38.1 Å². The summed E-state index contributed by atoms with van der Waals surface area (Å²) in [5.74, 6) is -0.508. The molecule has 0 saturated heterocycles. The summed E-state index contributed by atoms with van der Waals surface area (Å²) >= 11 is 0. The molecule has 0 saturated carbocycles. The molecule has 5 nitrogen and oxygen atoms in total. The predicted octanol–water partition coefficient (Wildman–Crippen LogP) is 4.83. The molecule has 2 aromatic rings. The predicted molar refractivity (Wildman–Crippen MR) is 113 cm³/mol. The average Bonchev–Trinajstić information content (AvgIpc) is 2.94. The van der Waals surface area contributed by atoms with Gasteiger partial charge in [-0.25, -0.2) is 0 Å². The van der Waals surface area contributed by atoms with Gasteiger partial charge >= 0.3 is 0 Å². The number of ketones is 1. The molecule has 0 aliphatic carbocycles. The van der Waals surface area contributed by atoms with E-state index in [2.05, 4.69) is 0 Å². The number of nitrogens with zero attached hydrogens (tertiary/aromatic N) is 1. The Morgan fingerprint density at radius 3 is 2.55 bits per heavy atom. The fourth-order valence-corrected chi connectivity index (χ4v) is 3.73. The van der Waals surface area contributed by atoms with E-state index in [1.807, 2.05) is 64.1 Å². The Bertz CT molecular complexity index is 990. The quantitative estimate of drug-likeness (QED) is 0.763. The number of aliphatic hydroxyl groups excluding tert-OH is 1. The van der Waals surface area contributed by atoms with E-state index in [0.29, 0.717) is 11.4 Å². The Kier molecular flexibility index (Phi) is 5.78. The third-order valence-electron chi connectivity index (χ3n) is 5.14. The summed E-state index contributed by atoms with van der Waals surface area (Å²) in [6.45, 7) is 7.74. The Morgan fingerprint density at radius 1 is 1.17 bits per heavy atom. The number of carbonyl (C=O) groups excluding carboxylic acids is 2. The summed E-state index contributed by atoms with van der Waals surface area (Å²) in [6, 6.07) is 12.4. The van der Waals surface area contributed by atoms with Crippen molar-refractivity contribution in [3.8, 4) is 5.75 Å². The van der Waals surface area contributed by atoms with E-state index < -0.39 is 17.7 Å². The number of methoxy groups -OCH3 is 1. The highest BCUT2D eigenvalue weighted by atomic mass is 16.5. The zero-order valence-corrected chi connectivity index (χ0v) is 17.5. The first-order valence-corrected chi connectivity index (χ1v) is 9.75. The van der Waals surface area contributed by atoms with Crippen LogP contribution in [0.1, 0.15) is 43.0 Å². The molecule has 1 atom stereocenters. The van der Waals surface area contributed by atoms with Crippen LogP contribution in [0.4, 0.5) is 5.69 Å². The van der Waals surface area contributed by atoms with Crippen LogP contribution in [0.3, 0.4) is 0 Å². The molecular weight excluding hydrogens is 366 g/mol. The summed E-state index contributed by atoms with van der Waals surface area (Å²) in [5, 5.41) is 10.7. The van der Waals surface area contributed by atoms with E-state index in [1.54, 1.807) is 13.2 Å². The molecule has 1 N–H and O–H groups in total. The van der Waals surface area contributed by atoms with Crippen molar-refractivity contribution in [2.24, 2.45) is 5.92 Å². The van der Waals surface area contributed by atoms with Crippen molar-refractivity contribution in [2.45, 2.75) is 40.2 Å². The molecule has 152 valence electrons. The van der Waals surface area contributed by atoms with Crippen LogP contribution >= 0.6 is 0 Å². The van der Waals surface area contributed by atoms with Crippen molar-refractivity contribution in [1.29, 1.82) is 0 Å². The van der Waals surface area contributed by atoms with Crippen LogP contribution < -0.4 is 9.64 Å². The van der Waals surface area contributed by atoms with Crippen LogP contribution in [0.15, 0.2) is 53.8 Å². The molecule has 3 rings (SSSR count). The van der Waals surface area contributed by atoms with Crippen molar-refractivity contribution in [3.63, 3.8) is 0 Å². The number of aliphatic hydroxyl groups is 1. The molecule has 29 heavy (non-hydrogen) atoms. The fourth-order valence-electron chi connectivity index (χ4n) is 3.73. The Hall–Kier alpha value is -3.08. The lowest BCUT2D eigenvalue weighted by atomic mass is 9.91. The maximum absolute atomic E-state index is 13.1. The normalized spacial score (nSPS) is 16.7. The third-order valence-corrected chi connectivity index (χ3v) is 5.14. The van der Waals surface area contributed by atoms with E-state index in [-0.39, 0.29) is 23.7 Å². The summed E-state index contributed by atoms with van der Waals surface area (Å²) in [4.78, 5) is 27.7. The number of Topliss-reactive ketones (excluding diaryl/α,β-unsaturated/α-hetero) is 1. The monoisotopic (exact) mass is 393 g/mol. The molecule has 1 amide bonds. The summed E-state index contributed by atoms with van der Waals surface area (Å²) in [6.07, 6.45) is 0.258. The molecule has 0 bridgehead atoms. The van der Waals surface area contributed by atoms with Gasteiger partial charge in [0.25, 0.3) is 5.91 Å². The first kappa shape index (κ1) is 20.6. The van der Waals surface area contributed by atoms with Gasteiger partial charge in [0.2, 0.25) is 0 Å².